The summed E-state index contributed by atoms with van der Waals surface area (Å²) < 4.78 is 17.2. The lowest BCUT2D eigenvalue weighted by Gasteiger charge is -2.22. The SMILES string of the molecule is COc1cncc(O[C@@H]2CC[C@@H](NC(=O)OC(C)(C)C)C2)c1-c1cc(Nc2cnc(C#N)cn2)n[nH]1. The number of aromatic amines is 1. The van der Waals surface area contributed by atoms with E-state index >= 15 is 0 Å². The fourth-order valence-electron chi connectivity index (χ4n) is 3.86. The van der Waals surface area contributed by atoms with Gasteiger partial charge in [0.05, 0.1) is 43.2 Å². The molecule has 1 amide bonds. The van der Waals surface area contributed by atoms with Gasteiger partial charge < -0.3 is 24.8 Å². The van der Waals surface area contributed by atoms with Crippen LogP contribution in [0.4, 0.5) is 16.4 Å². The molecule has 3 aromatic heterocycles. The topological polar surface area (TPSA) is 160 Å². The van der Waals surface area contributed by atoms with Crippen molar-refractivity contribution in [1.82, 2.24) is 30.5 Å². The van der Waals surface area contributed by atoms with E-state index in [4.69, 9.17) is 19.5 Å². The number of aromatic nitrogens is 5. The number of nitriles is 1. The summed E-state index contributed by atoms with van der Waals surface area (Å²) >= 11 is 0. The quantitative estimate of drug-likeness (QED) is 0.443. The number of hydrogen-bond donors (Lipinski definition) is 3. The molecular weight excluding hydrogens is 464 g/mol. The van der Waals surface area contributed by atoms with Crippen molar-refractivity contribution in [2.24, 2.45) is 0 Å². The molecule has 3 N–H and O–H groups in total. The monoisotopic (exact) mass is 492 g/mol. The Morgan fingerprint density at radius 2 is 1.94 bits per heavy atom. The molecule has 1 aliphatic carbocycles. The Balaban J connectivity index is 1.46. The van der Waals surface area contributed by atoms with Crippen molar-refractivity contribution in [3.8, 4) is 28.8 Å². The van der Waals surface area contributed by atoms with Gasteiger partial charge in [-0.25, -0.2) is 14.8 Å². The first kappa shape index (κ1) is 24.7. The zero-order chi connectivity index (χ0) is 25.7. The van der Waals surface area contributed by atoms with Gasteiger partial charge in [0.25, 0.3) is 0 Å². The molecule has 1 saturated carbocycles. The van der Waals surface area contributed by atoms with Gasteiger partial charge in [-0.1, -0.05) is 0 Å². The van der Waals surface area contributed by atoms with Gasteiger partial charge >= 0.3 is 6.09 Å². The second kappa shape index (κ2) is 10.5. The molecule has 1 aliphatic rings. The molecule has 4 rings (SSSR count). The molecular formula is C24H28N8O4. The van der Waals surface area contributed by atoms with Crippen LogP contribution in [0.1, 0.15) is 45.7 Å². The van der Waals surface area contributed by atoms with Crippen LogP contribution in [0.15, 0.2) is 30.9 Å². The predicted octanol–water partition coefficient (Wildman–Crippen LogP) is 3.71. The highest BCUT2D eigenvalue weighted by Gasteiger charge is 2.30. The number of ether oxygens (including phenoxy) is 3. The maximum atomic E-state index is 12.1. The number of rotatable bonds is 7. The van der Waals surface area contributed by atoms with Crippen molar-refractivity contribution in [1.29, 1.82) is 5.26 Å². The van der Waals surface area contributed by atoms with Crippen LogP contribution in [0.5, 0.6) is 11.5 Å². The fraction of sp³-hybridized carbons (Fsp3) is 0.417. The van der Waals surface area contributed by atoms with Crippen molar-refractivity contribution < 1.29 is 19.0 Å². The number of nitrogens with zero attached hydrogens (tertiary/aromatic N) is 5. The molecule has 0 bridgehead atoms. The molecule has 0 aromatic carbocycles. The van der Waals surface area contributed by atoms with Gasteiger partial charge in [-0.15, -0.1) is 0 Å². The van der Waals surface area contributed by atoms with Gasteiger partial charge in [0, 0.05) is 18.5 Å². The first-order valence-electron chi connectivity index (χ1n) is 11.5. The lowest BCUT2D eigenvalue weighted by Crippen LogP contribution is -2.38. The highest BCUT2D eigenvalue weighted by Crippen LogP contribution is 2.39. The van der Waals surface area contributed by atoms with Gasteiger partial charge in [0.2, 0.25) is 0 Å². The summed E-state index contributed by atoms with van der Waals surface area (Å²) in [5.41, 5.74) is 0.990. The third-order valence-corrected chi connectivity index (χ3v) is 5.37. The maximum Gasteiger partial charge on any atom is 0.407 e. The first-order chi connectivity index (χ1) is 17.2. The minimum atomic E-state index is -0.551. The van der Waals surface area contributed by atoms with Crippen LogP contribution < -0.4 is 20.1 Å². The molecule has 0 radical (unpaired) electrons. The third kappa shape index (κ3) is 6.18. The molecule has 12 heteroatoms. The van der Waals surface area contributed by atoms with E-state index < -0.39 is 11.7 Å². The summed E-state index contributed by atoms with van der Waals surface area (Å²) in [7, 11) is 1.56. The third-order valence-electron chi connectivity index (χ3n) is 5.37. The van der Waals surface area contributed by atoms with E-state index in [0.29, 0.717) is 40.8 Å². The highest BCUT2D eigenvalue weighted by atomic mass is 16.6. The Hall–Kier alpha value is -4.40. The fourth-order valence-corrected chi connectivity index (χ4v) is 3.86. The predicted molar refractivity (Wildman–Crippen MR) is 130 cm³/mol. The van der Waals surface area contributed by atoms with E-state index in [1.54, 1.807) is 25.6 Å². The van der Waals surface area contributed by atoms with Crippen LogP contribution in [-0.2, 0) is 4.74 Å². The van der Waals surface area contributed by atoms with Gasteiger partial charge in [-0.3, -0.25) is 10.1 Å². The number of carbonyl (C=O) groups excluding carboxylic acids is 1. The van der Waals surface area contributed by atoms with Crippen LogP contribution in [0.3, 0.4) is 0 Å². The summed E-state index contributed by atoms with van der Waals surface area (Å²) in [5, 5.41) is 22.1. The summed E-state index contributed by atoms with van der Waals surface area (Å²) in [4.78, 5) is 24.5. The van der Waals surface area contributed by atoms with Crippen molar-refractivity contribution in [3.05, 3.63) is 36.5 Å². The van der Waals surface area contributed by atoms with Crippen molar-refractivity contribution >= 4 is 17.7 Å². The summed E-state index contributed by atoms with van der Waals surface area (Å²) in [6, 6.07) is 3.67. The summed E-state index contributed by atoms with van der Waals surface area (Å²) in [6.45, 7) is 5.50. The molecule has 2 atom stereocenters. The molecule has 36 heavy (non-hydrogen) atoms. The molecule has 188 valence electrons. The lowest BCUT2D eigenvalue weighted by atomic mass is 10.1. The van der Waals surface area contributed by atoms with Gasteiger partial charge in [0.15, 0.2) is 17.3 Å². The first-order valence-corrected chi connectivity index (χ1v) is 11.5. The molecule has 0 spiro atoms. The minimum absolute atomic E-state index is 0.0386. The number of pyridine rings is 1. The van der Waals surface area contributed by atoms with E-state index in [-0.39, 0.29) is 17.8 Å². The van der Waals surface area contributed by atoms with E-state index in [0.717, 1.165) is 12.8 Å². The number of carbonyl (C=O) groups is 1. The number of hydrogen-bond acceptors (Lipinski definition) is 10. The molecule has 3 aromatic rings. The Labute approximate surface area is 208 Å². The van der Waals surface area contributed by atoms with Crippen molar-refractivity contribution in [3.63, 3.8) is 0 Å². The molecule has 12 nitrogen and oxygen atoms in total. The minimum Gasteiger partial charge on any atom is -0.494 e. The Morgan fingerprint density at radius 3 is 2.64 bits per heavy atom. The average molecular weight is 493 g/mol. The number of anilines is 2. The standard InChI is InChI=1S/C24H28N8O4/c1-24(2,3)36-23(33)29-14-5-6-16(7-14)35-19-12-26-11-18(34-4)22(19)17-8-20(32-31-17)30-21-13-27-15(9-25)10-28-21/h8,10-14,16H,5-7H2,1-4H3,(H,29,33)(H2,28,30,31,32)/t14-,16-/m1/s1. The second-order valence-electron chi connectivity index (χ2n) is 9.30. The number of methoxy groups -OCH3 is 1. The number of alkyl carbamates (subject to hydrolysis) is 1. The lowest BCUT2D eigenvalue weighted by molar-refractivity contribution is 0.0503. The van der Waals surface area contributed by atoms with Crippen LogP contribution in [0.25, 0.3) is 11.3 Å². The summed E-state index contributed by atoms with van der Waals surface area (Å²) in [5.74, 6) is 1.99. The van der Waals surface area contributed by atoms with Crippen LogP contribution in [0, 0.1) is 11.3 Å². The van der Waals surface area contributed by atoms with Crippen molar-refractivity contribution in [2.45, 2.75) is 57.8 Å². The Morgan fingerprint density at radius 1 is 1.14 bits per heavy atom. The van der Waals surface area contributed by atoms with Gasteiger partial charge in [0.1, 0.15) is 29.3 Å². The van der Waals surface area contributed by atoms with Crippen LogP contribution in [0.2, 0.25) is 0 Å². The van der Waals surface area contributed by atoms with E-state index in [9.17, 15) is 4.79 Å². The van der Waals surface area contributed by atoms with E-state index in [2.05, 4.69) is 35.8 Å². The summed E-state index contributed by atoms with van der Waals surface area (Å²) in [6.07, 6.45) is 7.70. The zero-order valence-corrected chi connectivity index (χ0v) is 20.5. The van der Waals surface area contributed by atoms with Gasteiger partial charge in [-0.05, 0) is 33.6 Å². The Kier molecular flexibility index (Phi) is 7.19. The smallest absolute Gasteiger partial charge is 0.407 e. The van der Waals surface area contributed by atoms with E-state index in [1.807, 2.05) is 26.8 Å². The Bertz CT molecular complexity index is 1250. The highest BCUT2D eigenvalue weighted by molar-refractivity contribution is 5.75. The second-order valence-corrected chi connectivity index (χ2v) is 9.30. The molecule has 1 fully saturated rings. The van der Waals surface area contributed by atoms with Crippen molar-refractivity contribution in [2.75, 3.05) is 12.4 Å². The molecule has 0 unspecified atom stereocenters. The maximum absolute atomic E-state index is 12.1. The normalized spacial score (nSPS) is 17.2. The average Bonchev–Trinajstić information content (AvgIpc) is 3.47. The van der Waals surface area contributed by atoms with Crippen LogP contribution in [-0.4, -0.2) is 56.1 Å². The molecule has 3 heterocycles. The number of nitrogens with one attached hydrogen (secondary N) is 3. The van der Waals surface area contributed by atoms with Gasteiger partial charge in [-0.2, -0.15) is 10.4 Å². The molecule has 0 aliphatic heterocycles. The number of H-pyrrole nitrogens is 1. The molecule has 0 saturated heterocycles. The van der Waals surface area contributed by atoms with E-state index in [1.165, 1.54) is 12.4 Å². The van der Waals surface area contributed by atoms with Crippen LogP contribution >= 0.6 is 0 Å². The largest absolute Gasteiger partial charge is 0.494 e. The number of amides is 1. The zero-order valence-electron chi connectivity index (χ0n) is 20.5.